The molecule has 1 saturated heterocycles. The lowest BCUT2D eigenvalue weighted by atomic mass is 10.0. The predicted molar refractivity (Wildman–Crippen MR) is 60.1 cm³/mol. The average Bonchev–Trinajstić information content (AvgIpc) is 2.03. The van der Waals surface area contributed by atoms with E-state index < -0.39 is 0 Å². The lowest BCUT2D eigenvalue weighted by Gasteiger charge is -2.36. The molecule has 2 heteroatoms. The molecule has 1 heterocycles. The highest BCUT2D eigenvalue weighted by molar-refractivity contribution is 4.80. The molecule has 1 aliphatic heterocycles. The van der Waals surface area contributed by atoms with Crippen molar-refractivity contribution in [3.8, 4) is 0 Å². The Morgan fingerprint density at radius 2 is 2.00 bits per heavy atom. The minimum atomic E-state index is 0. The van der Waals surface area contributed by atoms with E-state index in [1.165, 1.54) is 25.9 Å². The van der Waals surface area contributed by atoms with Crippen LogP contribution in [0.1, 0.15) is 42.0 Å². The van der Waals surface area contributed by atoms with Crippen LogP contribution in [0.25, 0.3) is 0 Å². The number of hydrogen-bond acceptors (Lipinski definition) is 2. The fourth-order valence-electron chi connectivity index (χ4n) is 2.08. The fourth-order valence-corrected chi connectivity index (χ4v) is 2.08. The van der Waals surface area contributed by atoms with Crippen molar-refractivity contribution in [2.24, 2.45) is 0 Å². The van der Waals surface area contributed by atoms with Gasteiger partial charge in [0.1, 0.15) is 0 Å². The van der Waals surface area contributed by atoms with Crippen molar-refractivity contribution >= 4 is 0 Å². The molecule has 1 fully saturated rings. The third-order valence-corrected chi connectivity index (χ3v) is 2.75. The van der Waals surface area contributed by atoms with Crippen LogP contribution >= 0.6 is 0 Å². The van der Waals surface area contributed by atoms with Crippen molar-refractivity contribution in [1.82, 2.24) is 10.2 Å². The predicted octanol–water partition coefficient (Wildman–Crippen LogP) is 2.10. The molecule has 0 radical (unpaired) electrons. The summed E-state index contributed by atoms with van der Waals surface area (Å²) < 4.78 is 0. The Labute approximate surface area is 84.2 Å². The first-order valence-corrected chi connectivity index (χ1v) is 5.59. The van der Waals surface area contributed by atoms with E-state index in [-0.39, 0.29) is 1.43 Å². The minimum absolute atomic E-state index is 0. The van der Waals surface area contributed by atoms with Crippen LogP contribution < -0.4 is 5.32 Å². The van der Waals surface area contributed by atoms with Gasteiger partial charge < -0.3 is 5.32 Å². The van der Waals surface area contributed by atoms with Gasteiger partial charge >= 0.3 is 0 Å². The summed E-state index contributed by atoms with van der Waals surface area (Å²) in [7, 11) is 0. The molecule has 0 aromatic carbocycles. The number of nitrogens with one attached hydrogen (secondary N) is 1. The fraction of sp³-hybridized carbons (Fsp3) is 1.00. The van der Waals surface area contributed by atoms with Gasteiger partial charge in [0, 0.05) is 26.1 Å². The van der Waals surface area contributed by atoms with Gasteiger partial charge in [-0.3, -0.25) is 4.90 Å². The Morgan fingerprint density at radius 1 is 1.31 bits per heavy atom. The molecule has 13 heavy (non-hydrogen) atoms. The average molecular weight is 186 g/mol. The molecule has 0 spiro atoms. The van der Waals surface area contributed by atoms with Crippen LogP contribution in [0.2, 0.25) is 0 Å². The smallest absolute Gasteiger partial charge is 0.0197 e. The van der Waals surface area contributed by atoms with Gasteiger partial charge in [-0.15, -0.1) is 0 Å². The Hall–Kier alpha value is -0.0800. The summed E-state index contributed by atoms with van der Waals surface area (Å²) in [4.78, 5) is 2.57. The maximum atomic E-state index is 3.62. The number of nitrogens with zero attached hydrogens (tertiary/aromatic N) is 1. The second kappa shape index (κ2) is 4.97. The van der Waals surface area contributed by atoms with Crippen molar-refractivity contribution in [3.63, 3.8) is 0 Å². The van der Waals surface area contributed by atoms with Gasteiger partial charge in [-0.2, -0.15) is 0 Å². The molecule has 0 aromatic rings. The zero-order valence-corrected chi connectivity index (χ0v) is 9.51. The molecule has 1 rings (SSSR count). The molecular weight excluding hydrogens is 160 g/mol. The van der Waals surface area contributed by atoms with Crippen LogP contribution in [0.5, 0.6) is 0 Å². The van der Waals surface area contributed by atoms with Crippen molar-refractivity contribution in [2.45, 2.75) is 58.7 Å². The van der Waals surface area contributed by atoms with Crippen LogP contribution in [0.4, 0.5) is 0 Å². The second-order valence-electron chi connectivity index (χ2n) is 4.75. The number of rotatable bonds is 3. The normalized spacial score (nSPS) is 25.8. The Kier molecular flexibility index (Phi) is 4.20. The highest BCUT2D eigenvalue weighted by atomic mass is 15.2. The van der Waals surface area contributed by atoms with E-state index in [2.05, 4.69) is 37.9 Å². The van der Waals surface area contributed by atoms with Gasteiger partial charge in [-0.1, -0.05) is 13.8 Å². The molecular formula is C11H26N2. The van der Waals surface area contributed by atoms with E-state index in [4.69, 9.17) is 0 Å². The van der Waals surface area contributed by atoms with Crippen LogP contribution in [-0.2, 0) is 0 Å². The van der Waals surface area contributed by atoms with Crippen LogP contribution in [-0.4, -0.2) is 36.1 Å². The van der Waals surface area contributed by atoms with Gasteiger partial charge in [0.2, 0.25) is 0 Å². The monoisotopic (exact) mass is 186 g/mol. The SMILES string of the molecule is CC(C)N[C@H]1CCCN(C(C)C)C1.[HH]. The topological polar surface area (TPSA) is 15.3 Å². The quantitative estimate of drug-likeness (QED) is 0.726. The maximum absolute atomic E-state index is 3.62. The van der Waals surface area contributed by atoms with E-state index >= 15 is 0 Å². The first-order chi connectivity index (χ1) is 6.09. The summed E-state index contributed by atoms with van der Waals surface area (Å²) in [6.07, 6.45) is 2.70. The molecule has 0 saturated carbocycles. The van der Waals surface area contributed by atoms with Gasteiger partial charge in [0.25, 0.3) is 0 Å². The third kappa shape index (κ3) is 3.65. The maximum Gasteiger partial charge on any atom is 0.0197 e. The molecule has 1 aliphatic rings. The molecule has 0 aliphatic carbocycles. The van der Waals surface area contributed by atoms with E-state index in [0.29, 0.717) is 12.1 Å². The Balaban J connectivity index is 0.00000169. The number of likely N-dealkylation sites (tertiary alicyclic amines) is 1. The van der Waals surface area contributed by atoms with Crippen molar-refractivity contribution in [2.75, 3.05) is 13.1 Å². The van der Waals surface area contributed by atoms with Crippen LogP contribution in [0.15, 0.2) is 0 Å². The summed E-state index contributed by atoms with van der Waals surface area (Å²) in [6.45, 7) is 11.6. The third-order valence-electron chi connectivity index (χ3n) is 2.75. The van der Waals surface area contributed by atoms with E-state index in [9.17, 15) is 0 Å². The lowest BCUT2D eigenvalue weighted by molar-refractivity contribution is 0.151. The molecule has 2 nitrogen and oxygen atoms in total. The summed E-state index contributed by atoms with van der Waals surface area (Å²) in [5.74, 6) is 0. The summed E-state index contributed by atoms with van der Waals surface area (Å²) in [5.41, 5.74) is 0. The summed E-state index contributed by atoms with van der Waals surface area (Å²) in [6, 6.07) is 2.05. The largest absolute Gasteiger partial charge is 0.311 e. The zero-order valence-electron chi connectivity index (χ0n) is 9.51. The standard InChI is InChI=1S/C11H24N2.H2/c1-9(2)12-11-6-5-7-13(8-11)10(3)4;/h9-12H,5-8H2,1-4H3;1H/t11-;/m0./s1. The zero-order chi connectivity index (χ0) is 9.84. The molecule has 0 unspecified atom stereocenters. The molecule has 0 amide bonds. The first kappa shape index (κ1) is 11.0. The van der Waals surface area contributed by atoms with Crippen molar-refractivity contribution in [1.29, 1.82) is 0 Å². The minimum Gasteiger partial charge on any atom is -0.311 e. The van der Waals surface area contributed by atoms with Gasteiger partial charge in [-0.05, 0) is 33.2 Å². The lowest BCUT2D eigenvalue weighted by Crippen LogP contribution is -2.49. The molecule has 1 N–H and O–H groups in total. The van der Waals surface area contributed by atoms with Crippen LogP contribution in [0.3, 0.4) is 0 Å². The molecule has 0 bridgehead atoms. The Morgan fingerprint density at radius 3 is 2.54 bits per heavy atom. The van der Waals surface area contributed by atoms with Gasteiger partial charge in [0.05, 0.1) is 0 Å². The second-order valence-corrected chi connectivity index (χ2v) is 4.75. The number of piperidine rings is 1. The van der Waals surface area contributed by atoms with Crippen LogP contribution in [0, 0.1) is 0 Å². The molecule has 0 aromatic heterocycles. The van der Waals surface area contributed by atoms with E-state index in [1.807, 2.05) is 0 Å². The molecule has 1 atom stereocenters. The Bertz CT molecular complexity index is 148. The van der Waals surface area contributed by atoms with Gasteiger partial charge in [-0.25, -0.2) is 0 Å². The van der Waals surface area contributed by atoms with Crippen molar-refractivity contribution in [3.05, 3.63) is 0 Å². The summed E-state index contributed by atoms with van der Waals surface area (Å²) in [5, 5.41) is 3.62. The van der Waals surface area contributed by atoms with Gasteiger partial charge in [0.15, 0.2) is 0 Å². The number of hydrogen-bond donors (Lipinski definition) is 1. The highest BCUT2D eigenvalue weighted by Crippen LogP contribution is 2.12. The summed E-state index contributed by atoms with van der Waals surface area (Å²) >= 11 is 0. The highest BCUT2D eigenvalue weighted by Gasteiger charge is 2.21. The first-order valence-electron chi connectivity index (χ1n) is 5.59. The van der Waals surface area contributed by atoms with E-state index in [1.54, 1.807) is 0 Å². The van der Waals surface area contributed by atoms with Crippen molar-refractivity contribution < 1.29 is 1.43 Å². The molecule has 80 valence electrons. The van der Waals surface area contributed by atoms with E-state index in [0.717, 1.165) is 6.04 Å².